The molecule has 0 saturated heterocycles. The second-order valence-corrected chi connectivity index (χ2v) is 4.59. The second kappa shape index (κ2) is 6.16. The van der Waals surface area contributed by atoms with Gasteiger partial charge in [0.15, 0.2) is 0 Å². The highest BCUT2D eigenvalue weighted by atomic mass is 16.4. The molecule has 2 rings (SSSR count). The number of carboxylic acids is 1. The normalized spacial score (nSPS) is 12.1. The average Bonchev–Trinajstić information content (AvgIpc) is 2.44. The monoisotopic (exact) mass is 272 g/mol. The van der Waals surface area contributed by atoms with Crippen LogP contribution in [0.3, 0.4) is 0 Å². The summed E-state index contributed by atoms with van der Waals surface area (Å²) >= 11 is 0. The topological polar surface area (TPSA) is 92.4 Å². The van der Waals surface area contributed by atoms with E-state index in [4.69, 9.17) is 10.8 Å². The van der Waals surface area contributed by atoms with Gasteiger partial charge in [-0.1, -0.05) is 30.3 Å². The van der Waals surface area contributed by atoms with Crippen LogP contribution >= 0.6 is 0 Å². The third kappa shape index (κ3) is 3.55. The van der Waals surface area contributed by atoms with Crippen molar-refractivity contribution in [1.29, 1.82) is 0 Å². The van der Waals surface area contributed by atoms with Crippen LogP contribution in [0.4, 0.5) is 5.69 Å². The van der Waals surface area contributed by atoms with E-state index >= 15 is 0 Å². The van der Waals surface area contributed by atoms with Crippen molar-refractivity contribution < 1.29 is 14.7 Å². The van der Waals surface area contributed by atoms with E-state index < -0.39 is 12.0 Å². The van der Waals surface area contributed by atoms with Crippen molar-refractivity contribution in [2.45, 2.75) is 18.9 Å². The minimum atomic E-state index is -1.09. The van der Waals surface area contributed by atoms with E-state index in [0.717, 1.165) is 10.8 Å². The summed E-state index contributed by atoms with van der Waals surface area (Å²) in [5.41, 5.74) is 6.05. The highest BCUT2D eigenvalue weighted by Gasteiger charge is 2.13. The molecule has 5 heteroatoms. The molecular weight excluding hydrogens is 256 g/mol. The zero-order chi connectivity index (χ0) is 14.5. The van der Waals surface area contributed by atoms with Crippen molar-refractivity contribution in [3.8, 4) is 0 Å². The van der Waals surface area contributed by atoms with E-state index in [0.29, 0.717) is 5.69 Å². The van der Waals surface area contributed by atoms with Gasteiger partial charge < -0.3 is 16.2 Å². The van der Waals surface area contributed by atoms with Gasteiger partial charge in [-0.25, -0.2) is 0 Å². The van der Waals surface area contributed by atoms with Crippen molar-refractivity contribution in [3.63, 3.8) is 0 Å². The lowest BCUT2D eigenvalue weighted by atomic mass is 10.1. The highest BCUT2D eigenvalue weighted by Crippen LogP contribution is 2.19. The van der Waals surface area contributed by atoms with Gasteiger partial charge in [-0.05, 0) is 29.3 Å². The zero-order valence-electron chi connectivity index (χ0n) is 10.9. The van der Waals surface area contributed by atoms with Crippen LogP contribution in [0.5, 0.6) is 0 Å². The third-order valence-electron chi connectivity index (χ3n) is 3.03. The second-order valence-electron chi connectivity index (χ2n) is 4.59. The third-order valence-corrected chi connectivity index (χ3v) is 3.03. The molecule has 20 heavy (non-hydrogen) atoms. The molecular formula is C15H16N2O3. The lowest BCUT2D eigenvalue weighted by molar-refractivity contribution is -0.138. The largest absolute Gasteiger partial charge is 0.480 e. The van der Waals surface area contributed by atoms with Crippen LogP contribution < -0.4 is 11.1 Å². The number of hydrogen-bond donors (Lipinski definition) is 3. The number of anilines is 1. The molecule has 0 saturated carbocycles. The number of rotatable bonds is 5. The number of nitrogens with one attached hydrogen (secondary N) is 1. The fourth-order valence-corrected chi connectivity index (χ4v) is 1.90. The molecule has 0 fully saturated rings. The first kappa shape index (κ1) is 14.0. The van der Waals surface area contributed by atoms with Crippen LogP contribution in [0.1, 0.15) is 12.8 Å². The van der Waals surface area contributed by atoms with Gasteiger partial charge >= 0.3 is 5.97 Å². The molecule has 0 unspecified atom stereocenters. The summed E-state index contributed by atoms with van der Waals surface area (Å²) in [4.78, 5) is 22.3. The molecule has 0 aromatic heterocycles. The molecule has 0 heterocycles. The smallest absolute Gasteiger partial charge is 0.320 e. The summed E-state index contributed by atoms with van der Waals surface area (Å²) in [5.74, 6) is -1.33. The van der Waals surface area contributed by atoms with E-state index in [9.17, 15) is 9.59 Å². The molecule has 0 aliphatic rings. The summed E-state index contributed by atoms with van der Waals surface area (Å²) in [6, 6.07) is 12.5. The van der Waals surface area contributed by atoms with Crippen LogP contribution in [-0.4, -0.2) is 23.0 Å². The Morgan fingerprint density at radius 1 is 1.15 bits per heavy atom. The Morgan fingerprint density at radius 2 is 1.85 bits per heavy atom. The Hall–Kier alpha value is -2.40. The predicted octanol–water partition coefficient (Wildman–Crippen LogP) is 1.97. The van der Waals surface area contributed by atoms with Crippen LogP contribution in [0.2, 0.25) is 0 Å². The number of carbonyl (C=O) groups excluding carboxylic acids is 1. The molecule has 2 aromatic rings. The predicted molar refractivity (Wildman–Crippen MR) is 77.4 cm³/mol. The minimum Gasteiger partial charge on any atom is -0.480 e. The SMILES string of the molecule is N[C@H](CCC(=O)Nc1ccc2ccccc2c1)C(=O)O. The van der Waals surface area contributed by atoms with E-state index in [1.54, 1.807) is 0 Å². The van der Waals surface area contributed by atoms with Crippen molar-refractivity contribution >= 4 is 28.3 Å². The van der Waals surface area contributed by atoms with Gasteiger partial charge in [-0.15, -0.1) is 0 Å². The summed E-state index contributed by atoms with van der Waals surface area (Å²) in [7, 11) is 0. The molecule has 1 amide bonds. The van der Waals surface area contributed by atoms with Gasteiger partial charge in [0, 0.05) is 12.1 Å². The summed E-state index contributed by atoms with van der Waals surface area (Å²) in [6.07, 6.45) is 0.203. The maximum Gasteiger partial charge on any atom is 0.320 e. The van der Waals surface area contributed by atoms with Gasteiger partial charge in [0.2, 0.25) is 5.91 Å². The Balaban J connectivity index is 1.97. The van der Waals surface area contributed by atoms with Crippen molar-refractivity contribution in [1.82, 2.24) is 0 Å². The van der Waals surface area contributed by atoms with Crippen LogP contribution in [-0.2, 0) is 9.59 Å². The van der Waals surface area contributed by atoms with E-state index in [1.165, 1.54) is 0 Å². The average molecular weight is 272 g/mol. The van der Waals surface area contributed by atoms with Crippen LogP contribution in [0.25, 0.3) is 10.8 Å². The van der Waals surface area contributed by atoms with Crippen LogP contribution in [0.15, 0.2) is 42.5 Å². The first-order valence-corrected chi connectivity index (χ1v) is 6.33. The molecule has 104 valence electrons. The van der Waals surface area contributed by atoms with E-state index in [1.807, 2.05) is 42.5 Å². The fourth-order valence-electron chi connectivity index (χ4n) is 1.90. The summed E-state index contributed by atoms with van der Waals surface area (Å²) in [5, 5.41) is 13.5. The Kier molecular flexibility index (Phi) is 4.32. The molecule has 0 aliphatic heterocycles. The number of benzene rings is 2. The molecule has 5 nitrogen and oxygen atoms in total. The number of carbonyl (C=O) groups is 2. The van der Waals surface area contributed by atoms with E-state index in [2.05, 4.69) is 5.32 Å². The fraction of sp³-hybridized carbons (Fsp3) is 0.200. The first-order valence-electron chi connectivity index (χ1n) is 6.33. The van der Waals surface area contributed by atoms with E-state index in [-0.39, 0.29) is 18.7 Å². The first-order chi connectivity index (χ1) is 9.56. The number of aliphatic carboxylic acids is 1. The van der Waals surface area contributed by atoms with Crippen molar-refractivity contribution in [2.24, 2.45) is 5.73 Å². The van der Waals surface area contributed by atoms with Crippen LogP contribution in [0, 0.1) is 0 Å². The van der Waals surface area contributed by atoms with Gasteiger partial charge in [-0.3, -0.25) is 9.59 Å². The summed E-state index contributed by atoms with van der Waals surface area (Å²) in [6.45, 7) is 0. The quantitative estimate of drug-likeness (QED) is 0.775. The number of nitrogens with two attached hydrogens (primary N) is 1. The van der Waals surface area contributed by atoms with Gasteiger partial charge in [0.25, 0.3) is 0 Å². The number of carboxylic acid groups (broad SMARTS) is 1. The Bertz CT molecular complexity index is 640. The summed E-state index contributed by atoms with van der Waals surface area (Å²) < 4.78 is 0. The number of amides is 1. The minimum absolute atomic E-state index is 0.0836. The standard InChI is InChI=1S/C15H16N2O3/c16-13(15(19)20)7-8-14(18)17-12-6-5-10-3-1-2-4-11(10)9-12/h1-6,9,13H,7-8,16H2,(H,17,18)(H,19,20)/t13-/m1/s1. The lowest BCUT2D eigenvalue weighted by Gasteiger charge is -2.08. The molecule has 2 aromatic carbocycles. The van der Waals surface area contributed by atoms with Crippen molar-refractivity contribution in [2.75, 3.05) is 5.32 Å². The molecule has 1 atom stereocenters. The molecule has 4 N–H and O–H groups in total. The van der Waals surface area contributed by atoms with Crippen molar-refractivity contribution in [3.05, 3.63) is 42.5 Å². The number of fused-ring (bicyclic) bond motifs is 1. The molecule has 0 radical (unpaired) electrons. The maximum absolute atomic E-state index is 11.7. The Morgan fingerprint density at radius 3 is 2.55 bits per heavy atom. The zero-order valence-corrected chi connectivity index (χ0v) is 10.9. The Labute approximate surface area is 116 Å². The highest BCUT2D eigenvalue weighted by molar-refractivity contribution is 5.94. The number of hydrogen-bond acceptors (Lipinski definition) is 3. The lowest BCUT2D eigenvalue weighted by Crippen LogP contribution is -2.31. The maximum atomic E-state index is 11.7. The van der Waals surface area contributed by atoms with Gasteiger partial charge in [-0.2, -0.15) is 0 Å². The molecule has 0 aliphatic carbocycles. The molecule has 0 bridgehead atoms. The van der Waals surface area contributed by atoms with Gasteiger partial charge in [0.1, 0.15) is 6.04 Å². The van der Waals surface area contributed by atoms with Gasteiger partial charge in [0.05, 0.1) is 0 Å². The molecule has 0 spiro atoms.